The summed E-state index contributed by atoms with van der Waals surface area (Å²) in [5.74, 6) is -0.665. The molecule has 0 saturated heterocycles. The number of carboxylic acids is 1. The zero-order chi connectivity index (χ0) is 13.4. The van der Waals surface area contributed by atoms with Gasteiger partial charge in [0.25, 0.3) is 0 Å². The number of hydrogen-bond donors (Lipinski definition) is 2. The molecule has 0 fully saturated rings. The molecule has 3 aromatic rings. The Labute approximate surface area is 108 Å². The van der Waals surface area contributed by atoms with Gasteiger partial charge in [0.1, 0.15) is 0 Å². The van der Waals surface area contributed by atoms with Crippen LogP contribution in [0.15, 0.2) is 42.9 Å². The molecular weight excluding hydrogens is 244 g/mol. The van der Waals surface area contributed by atoms with E-state index in [2.05, 4.69) is 9.97 Å². The van der Waals surface area contributed by atoms with Gasteiger partial charge >= 0.3 is 5.97 Å². The molecule has 2 heterocycles. The second-order valence-electron chi connectivity index (χ2n) is 4.06. The molecule has 0 unspecified atom stereocenters. The molecule has 0 aliphatic rings. The van der Waals surface area contributed by atoms with Crippen LogP contribution < -0.4 is 5.73 Å². The van der Waals surface area contributed by atoms with Crippen molar-refractivity contribution in [3.63, 3.8) is 0 Å². The van der Waals surface area contributed by atoms with Crippen molar-refractivity contribution in [3.05, 3.63) is 48.4 Å². The minimum Gasteiger partial charge on any atom is -0.478 e. The molecule has 0 aliphatic heterocycles. The lowest BCUT2D eigenvalue weighted by Gasteiger charge is -2.05. The number of aromatic carboxylic acids is 1. The molecular formula is C13H10N4O2. The highest BCUT2D eigenvalue weighted by Crippen LogP contribution is 2.21. The van der Waals surface area contributed by atoms with Gasteiger partial charge in [0, 0.05) is 24.2 Å². The number of rotatable bonds is 2. The maximum Gasteiger partial charge on any atom is 0.335 e. The predicted molar refractivity (Wildman–Crippen MR) is 69.8 cm³/mol. The molecule has 0 amide bonds. The number of nitrogens with zero attached hydrogens (tertiary/aromatic N) is 3. The van der Waals surface area contributed by atoms with Gasteiger partial charge in [0.05, 0.1) is 11.3 Å². The highest BCUT2D eigenvalue weighted by atomic mass is 16.4. The van der Waals surface area contributed by atoms with Gasteiger partial charge in [-0.05, 0) is 12.1 Å². The molecule has 6 nitrogen and oxygen atoms in total. The van der Waals surface area contributed by atoms with E-state index in [0.29, 0.717) is 22.7 Å². The quantitative estimate of drug-likeness (QED) is 0.725. The monoisotopic (exact) mass is 254 g/mol. The zero-order valence-corrected chi connectivity index (χ0v) is 9.82. The number of carbonyl (C=O) groups is 1. The number of hydrogen-bond acceptors (Lipinski definition) is 4. The van der Waals surface area contributed by atoms with Gasteiger partial charge in [0.2, 0.25) is 0 Å². The lowest BCUT2D eigenvalue weighted by molar-refractivity contribution is 0.0697. The minimum absolute atomic E-state index is 0.212. The summed E-state index contributed by atoms with van der Waals surface area (Å²) in [6.07, 6.45) is 5.16. The molecule has 0 saturated carbocycles. The maximum atomic E-state index is 11.0. The van der Waals surface area contributed by atoms with E-state index in [4.69, 9.17) is 10.8 Å². The number of aromatic nitrogens is 3. The van der Waals surface area contributed by atoms with Gasteiger partial charge in [-0.15, -0.1) is 0 Å². The van der Waals surface area contributed by atoms with E-state index in [1.54, 1.807) is 41.2 Å². The van der Waals surface area contributed by atoms with E-state index < -0.39 is 5.97 Å². The van der Waals surface area contributed by atoms with Crippen LogP contribution >= 0.6 is 0 Å². The summed E-state index contributed by atoms with van der Waals surface area (Å²) in [5.41, 5.74) is 7.92. The number of nitrogen functional groups attached to an aromatic ring is 1. The first-order valence-electron chi connectivity index (χ1n) is 5.58. The van der Waals surface area contributed by atoms with Gasteiger partial charge in [-0.2, -0.15) is 0 Å². The Bertz CT molecular complexity index is 779. The maximum absolute atomic E-state index is 11.0. The SMILES string of the molecule is Nc1nc(-c2cccc(C(=O)O)c2)cn2ccnc12. The molecule has 1 aromatic carbocycles. The first-order valence-corrected chi connectivity index (χ1v) is 5.58. The summed E-state index contributed by atoms with van der Waals surface area (Å²) in [6, 6.07) is 6.56. The van der Waals surface area contributed by atoms with E-state index in [-0.39, 0.29) is 5.56 Å². The Morgan fingerprint density at radius 3 is 3.00 bits per heavy atom. The van der Waals surface area contributed by atoms with Gasteiger partial charge < -0.3 is 15.2 Å². The topological polar surface area (TPSA) is 93.5 Å². The van der Waals surface area contributed by atoms with Crippen LogP contribution in [0.2, 0.25) is 0 Å². The van der Waals surface area contributed by atoms with Crippen molar-refractivity contribution in [2.24, 2.45) is 0 Å². The molecule has 3 N–H and O–H groups in total. The van der Waals surface area contributed by atoms with Gasteiger partial charge in [-0.25, -0.2) is 14.8 Å². The normalized spacial score (nSPS) is 10.7. The van der Waals surface area contributed by atoms with Crippen LogP contribution in [0.3, 0.4) is 0 Å². The van der Waals surface area contributed by atoms with E-state index in [0.717, 1.165) is 0 Å². The molecule has 19 heavy (non-hydrogen) atoms. The van der Waals surface area contributed by atoms with Crippen molar-refractivity contribution in [3.8, 4) is 11.3 Å². The summed E-state index contributed by atoms with van der Waals surface area (Å²) >= 11 is 0. The lowest BCUT2D eigenvalue weighted by Crippen LogP contribution is -2.00. The Kier molecular flexibility index (Phi) is 2.42. The number of anilines is 1. The molecule has 0 atom stereocenters. The van der Waals surface area contributed by atoms with Crippen molar-refractivity contribution >= 4 is 17.4 Å². The van der Waals surface area contributed by atoms with Crippen molar-refractivity contribution in [1.82, 2.24) is 14.4 Å². The number of carboxylic acid groups (broad SMARTS) is 1. The molecule has 0 radical (unpaired) electrons. The molecule has 0 bridgehead atoms. The van der Waals surface area contributed by atoms with Crippen molar-refractivity contribution in [2.75, 3.05) is 5.73 Å². The van der Waals surface area contributed by atoms with Crippen molar-refractivity contribution in [2.45, 2.75) is 0 Å². The average molecular weight is 254 g/mol. The number of benzene rings is 1. The Morgan fingerprint density at radius 2 is 2.21 bits per heavy atom. The minimum atomic E-state index is -0.974. The molecule has 6 heteroatoms. The van der Waals surface area contributed by atoms with Gasteiger partial charge in [0.15, 0.2) is 11.5 Å². The molecule has 3 rings (SSSR count). The standard InChI is InChI=1S/C13H10N4O2/c14-11-12-15-4-5-17(12)7-10(16-11)8-2-1-3-9(6-8)13(18)19/h1-7H,(H2,14,16)(H,18,19). The van der Waals surface area contributed by atoms with Crippen LogP contribution in [-0.4, -0.2) is 25.4 Å². The highest BCUT2D eigenvalue weighted by molar-refractivity contribution is 5.89. The smallest absolute Gasteiger partial charge is 0.335 e. The fourth-order valence-electron chi connectivity index (χ4n) is 1.91. The van der Waals surface area contributed by atoms with Crippen LogP contribution in [0, 0.1) is 0 Å². The summed E-state index contributed by atoms with van der Waals surface area (Å²) < 4.78 is 1.76. The molecule has 0 aliphatic carbocycles. The summed E-state index contributed by atoms with van der Waals surface area (Å²) in [7, 11) is 0. The largest absolute Gasteiger partial charge is 0.478 e. The lowest BCUT2D eigenvalue weighted by atomic mass is 10.1. The second kappa shape index (κ2) is 4.09. The van der Waals surface area contributed by atoms with Gasteiger partial charge in [-0.3, -0.25) is 0 Å². The predicted octanol–water partition coefficient (Wildman–Crippen LogP) is 1.68. The third kappa shape index (κ3) is 1.89. The second-order valence-corrected chi connectivity index (χ2v) is 4.06. The van der Waals surface area contributed by atoms with Crippen LogP contribution in [-0.2, 0) is 0 Å². The van der Waals surface area contributed by atoms with Crippen LogP contribution in [0.1, 0.15) is 10.4 Å². The van der Waals surface area contributed by atoms with E-state index in [1.165, 1.54) is 6.07 Å². The molecule has 94 valence electrons. The average Bonchev–Trinajstić information content (AvgIpc) is 2.87. The number of nitrogens with two attached hydrogens (primary N) is 1. The first-order chi connectivity index (χ1) is 9.15. The van der Waals surface area contributed by atoms with Crippen LogP contribution in [0.5, 0.6) is 0 Å². The van der Waals surface area contributed by atoms with Gasteiger partial charge in [-0.1, -0.05) is 12.1 Å². The van der Waals surface area contributed by atoms with E-state index in [1.807, 2.05) is 0 Å². The highest BCUT2D eigenvalue weighted by Gasteiger charge is 2.09. The van der Waals surface area contributed by atoms with Crippen molar-refractivity contribution < 1.29 is 9.90 Å². The fraction of sp³-hybridized carbons (Fsp3) is 0. The Morgan fingerprint density at radius 1 is 1.37 bits per heavy atom. The number of fused-ring (bicyclic) bond motifs is 1. The third-order valence-corrected chi connectivity index (χ3v) is 2.81. The van der Waals surface area contributed by atoms with Crippen molar-refractivity contribution in [1.29, 1.82) is 0 Å². The molecule has 2 aromatic heterocycles. The third-order valence-electron chi connectivity index (χ3n) is 2.81. The number of imidazole rings is 1. The zero-order valence-electron chi connectivity index (χ0n) is 9.82. The van der Waals surface area contributed by atoms with E-state index >= 15 is 0 Å². The Balaban J connectivity index is 2.18. The molecule has 0 spiro atoms. The summed E-state index contributed by atoms with van der Waals surface area (Å²) in [5, 5.41) is 8.99. The van der Waals surface area contributed by atoms with Crippen LogP contribution in [0.4, 0.5) is 5.82 Å². The fourth-order valence-corrected chi connectivity index (χ4v) is 1.91. The van der Waals surface area contributed by atoms with E-state index in [9.17, 15) is 4.79 Å². The Hall–Kier alpha value is -2.89. The summed E-state index contributed by atoms with van der Waals surface area (Å²) in [4.78, 5) is 19.3. The summed E-state index contributed by atoms with van der Waals surface area (Å²) in [6.45, 7) is 0. The first kappa shape index (κ1) is 11.2. The van der Waals surface area contributed by atoms with Crippen LogP contribution in [0.25, 0.3) is 16.9 Å².